The number of hydrogen-bond acceptors (Lipinski definition) is 4. The molecule has 0 spiro atoms. The summed E-state index contributed by atoms with van der Waals surface area (Å²) in [6, 6.07) is 9.73. The molecule has 0 saturated heterocycles. The smallest absolute Gasteiger partial charge is 0.271 e. The molecular weight excluding hydrogens is 276 g/mol. The molecule has 2 aromatic rings. The van der Waals surface area contributed by atoms with Gasteiger partial charge < -0.3 is 5.32 Å². The van der Waals surface area contributed by atoms with E-state index in [1.165, 1.54) is 29.2 Å². The van der Waals surface area contributed by atoms with E-state index in [4.69, 9.17) is 0 Å². The Morgan fingerprint density at radius 1 is 1.35 bits per heavy atom. The van der Waals surface area contributed by atoms with Crippen molar-refractivity contribution in [2.45, 2.75) is 6.92 Å². The van der Waals surface area contributed by atoms with Crippen molar-refractivity contribution in [3.05, 3.63) is 62.3 Å². The van der Waals surface area contributed by atoms with Crippen molar-refractivity contribution in [3.8, 4) is 0 Å². The summed E-state index contributed by atoms with van der Waals surface area (Å²) in [5.74, 6) is -0.323. The summed E-state index contributed by atoms with van der Waals surface area (Å²) in [7, 11) is 0. The van der Waals surface area contributed by atoms with Crippen LogP contribution in [-0.4, -0.2) is 10.8 Å². The molecule has 1 heterocycles. The summed E-state index contributed by atoms with van der Waals surface area (Å²) in [5.41, 5.74) is 0.344. The lowest BCUT2D eigenvalue weighted by Gasteiger charge is -2.01. The normalized spacial score (nSPS) is 10.7. The zero-order valence-corrected chi connectivity index (χ0v) is 11.5. The quantitative estimate of drug-likeness (QED) is 0.530. The fourth-order valence-electron chi connectivity index (χ4n) is 1.58. The summed E-state index contributed by atoms with van der Waals surface area (Å²) in [6.45, 7) is 1.99. The topological polar surface area (TPSA) is 72.2 Å². The molecule has 5 nitrogen and oxygen atoms in total. The number of nitro benzene ring substituents is 1. The minimum absolute atomic E-state index is 0.0549. The minimum Gasteiger partial charge on any atom is -0.322 e. The van der Waals surface area contributed by atoms with E-state index in [1.807, 2.05) is 19.1 Å². The third-order valence-corrected chi connectivity index (χ3v) is 3.45. The van der Waals surface area contributed by atoms with Crippen LogP contribution in [0.15, 0.2) is 42.5 Å². The van der Waals surface area contributed by atoms with Gasteiger partial charge in [-0.25, -0.2) is 0 Å². The van der Waals surface area contributed by atoms with E-state index >= 15 is 0 Å². The Labute approximate surface area is 119 Å². The molecule has 1 aromatic carbocycles. The number of hydrogen-bond donors (Lipinski definition) is 1. The molecule has 2 rings (SSSR count). The number of anilines is 1. The van der Waals surface area contributed by atoms with Crippen LogP contribution in [0.5, 0.6) is 0 Å². The summed E-state index contributed by atoms with van der Waals surface area (Å²) in [4.78, 5) is 24.0. The Kier molecular flexibility index (Phi) is 4.27. The molecule has 1 N–H and O–H groups in total. The van der Waals surface area contributed by atoms with Gasteiger partial charge in [0, 0.05) is 33.7 Å². The van der Waals surface area contributed by atoms with Crippen molar-refractivity contribution < 1.29 is 9.72 Å². The lowest BCUT2D eigenvalue weighted by atomic mass is 10.3. The number of carbonyl (C=O) groups is 1. The monoisotopic (exact) mass is 288 g/mol. The van der Waals surface area contributed by atoms with Crippen molar-refractivity contribution >= 4 is 34.7 Å². The first-order chi connectivity index (χ1) is 9.54. The highest BCUT2D eigenvalue weighted by Crippen LogP contribution is 2.18. The number of nitrogens with one attached hydrogen (secondary N) is 1. The largest absolute Gasteiger partial charge is 0.322 e. The Hall–Kier alpha value is -2.47. The number of rotatable bonds is 4. The molecule has 0 fully saturated rings. The van der Waals surface area contributed by atoms with Crippen molar-refractivity contribution in [1.82, 2.24) is 0 Å². The molecule has 0 unspecified atom stereocenters. The highest BCUT2D eigenvalue weighted by Gasteiger charge is 2.06. The van der Waals surface area contributed by atoms with Crippen LogP contribution in [0.3, 0.4) is 0 Å². The molecule has 0 saturated carbocycles. The van der Waals surface area contributed by atoms with E-state index in [-0.39, 0.29) is 11.6 Å². The van der Waals surface area contributed by atoms with E-state index in [1.54, 1.807) is 23.5 Å². The van der Waals surface area contributed by atoms with Crippen LogP contribution in [-0.2, 0) is 4.79 Å². The number of carbonyl (C=O) groups excluding carboxylic acids is 1. The van der Waals surface area contributed by atoms with Gasteiger partial charge in [0.05, 0.1) is 4.92 Å². The fourth-order valence-corrected chi connectivity index (χ4v) is 2.36. The van der Waals surface area contributed by atoms with E-state index in [9.17, 15) is 14.9 Å². The minimum atomic E-state index is -0.500. The van der Waals surface area contributed by atoms with Crippen LogP contribution in [0.25, 0.3) is 6.08 Å². The Morgan fingerprint density at radius 3 is 2.80 bits per heavy atom. The lowest BCUT2D eigenvalue weighted by molar-refractivity contribution is -0.384. The number of aryl methyl sites for hydroxylation is 1. The average Bonchev–Trinajstić information content (AvgIpc) is 2.82. The molecule has 0 aliphatic carbocycles. The Morgan fingerprint density at radius 2 is 2.15 bits per heavy atom. The van der Waals surface area contributed by atoms with Gasteiger partial charge in [-0.1, -0.05) is 6.07 Å². The molecule has 0 atom stereocenters. The Bertz CT molecular complexity index is 677. The van der Waals surface area contributed by atoms with Crippen LogP contribution in [0, 0.1) is 17.0 Å². The number of non-ortho nitro benzene ring substituents is 1. The van der Waals surface area contributed by atoms with E-state index < -0.39 is 4.92 Å². The van der Waals surface area contributed by atoms with Crippen LogP contribution in [0.1, 0.15) is 9.75 Å². The van der Waals surface area contributed by atoms with Gasteiger partial charge in [-0.05, 0) is 31.2 Å². The van der Waals surface area contributed by atoms with E-state index in [2.05, 4.69) is 5.32 Å². The van der Waals surface area contributed by atoms with Gasteiger partial charge in [-0.2, -0.15) is 0 Å². The van der Waals surface area contributed by atoms with E-state index in [0.717, 1.165) is 4.88 Å². The van der Waals surface area contributed by atoms with Gasteiger partial charge in [0.15, 0.2) is 0 Å². The maximum Gasteiger partial charge on any atom is 0.271 e. The summed E-state index contributed by atoms with van der Waals surface area (Å²) in [6.07, 6.45) is 3.12. The third kappa shape index (κ3) is 3.76. The molecule has 0 bridgehead atoms. The average molecular weight is 288 g/mol. The van der Waals surface area contributed by atoms with Gasteiger partial charge in [0.25, 0.3) is 5.69 Å². The van der Waals surface area contributed by atoms with Crippen molar-refractivity contribution in [1.29, 1.82) is 0 Å². The van der Waals surface area contributed by atoms with Crippen molar-refractivity contribution in [2.75, 3.05) is 5.32 Å². The van der Waals surface area contributed by atoms with Gasteiger partial charge in [0.2, 0.25) is 5.91 Å². The van der Waals surface area contributed by atoms with Crippen LogP contribution >= 0.6 is 11.3 Å². The van der Waals surface area contributed by atoms with Gasteiger partial charge >= 0.3 is 0 Å². The molecule has 20 heavy (non-hydrogen) atoms. The second-order valence-electron chi connectivity index (χ2n) is 4.08. The number of thiophene rings is 1. The fraction of sp³-hybridized carbons (Fsp3) is 0.0714. The summed E-state index contributed by atoms with van der Waals surface area (Å²) < 4.78 is 0. The number of nitro groups is 1. The number of nitrogens with zero attached hydrogens (tertiary/aromatic N) is 1. The highest BCUT2D eigenvalue weighted by molar-refractivity contribution is 7.12. The first kappa shape index (κ1) is 14.0. The lowest BCUT2D eigenvalue weighted by Crippen LogP contribution is -2.07. The zero-order chi connectivity index (χ0) is 14.5. The van der Waals surface area contributed by atoms with Crippen molar-refractivity contribution in [3.63, 3.8) is 0 Å². The second kappa shape index (κ2) is 6.12. The molecular formula is C14H12N2O3S. The summed E-state index contributed by atoms with van der Waals surface area (Å²) in [5, 5.41) is 13.2. The number of amides is 1. The Balaban J connectivity index is 2.02. The molecule has 6 heteroatoms. The number of benzene rings is 1. The van der Waals surface area contributed by atoms with Gasteiger partial charge in [-0.3, -0.25) is 14.9 Å². The predicted molar refractivity (Wildman–Crippen MR) is 79.8 cm³/mol. The molecule has 0 aliphatic rings. The molecule has 0 radical (unpaired) electrons. The van der Waals surface area contributed by atoms with Gasteiger partial charge in [-0.15, -0.1) is 11.3 Å². The SMILES string of the molecule is Cc1ccc(/C=C/C(=O)Nc2cccc([N+](=O)[O-])c2)s1. The molecule has 0 aliphatic heterocycles. The van der Waals surface area contributed by atoms with Crippen LogP contribution < -0.4 is 5.32 Å². The molecule has 102 valence electrons. The maximum atomic E-state index is 11.7. The third-order valence-electron chi connectivity index (χ3n) is 2.48. The zero-order valence-electron chi connectivity index (χ0n) is 10.7. The van der Waals surface area contributed by atoms with Crippen molar-refractivity contribution in [2.24, 2.45) is 0 Å². The highest BCUT2D eigenvalue weighted by atomic mass is 32.1. The first-order valence-corrected chi connectivity index (χ1v) is 6.66. The first-order valence-electron chi connectivity index (χ1n) is 5.84. The maximum absolute atomic E-state index is 11.7. The standard InChI is InChI=1S/C14H12N2O3S/c1-10-5-6-13(20-10)7-8-14(17)15-11-3-2-4-12(9-11)16(18)19/h2-9H,1H3,(H,15,17)/b8-7+. The van der Waals surface area contributed by atoms with Crippen LogP contribution in [0.2, 0.25) is 0 Å². The summed E-state index contributed by atoms with van der Waals surface area (Å²) >= 11 is 1.59. The second-order valence-corrected chi connectivity index (χ2v) is 5.40. The van der Waals surface area contributed by atoms with E-state index in [0.29, 0.717) is 5.69 Å². The molecule has 1 amide bonds. The predicted octanol–water partition coefficient (Wildman–Crippen LogP) is 3.62. The van der Waals surface area contributed by atoms with Crippen LogP contribution in [0.4, 0.5) is 11.4 Å². The van der Waals surface area contributed by atoms with Gasteiger partial charge in [0.1, 0.15) is 0 Å². The molecule has 1 aromatic heterocycles.